The van der Waals surface area contributed by atoms with Crippen LogP contribution in [0.15, 0.2) is 23.3 Å². The molecule has 0 spiro atoms. The number of carbonyl (C=O) groups excluding carboxylic acids is 1. The van der Waals surface area contributed by atoms with Gasteiger partial charge in [0, 0.05) is 38.6 Å². The number of nitrogens with one attached hydrogen (secondary N) is 1. The molecule has 1 aliphatic heterocycles. The molecular formula is C18H28N4O2. The lowest BCUT2D eigenvalue weighted by molar-refractivity contribution is -0.149. The number of pyridine rings is 1. The Hall–Kier alpha value is -2.11. The first kappa shape index (κ1) is 18.2. The summed E-state index contributed by atoms with van der Waals surface area (Å²) in [4.78, 5) is 22.7. The molecule has 6 nitrogen and oxygen atoms in total. The van der Waals surface area contributed by atoms with E-state index in [9.17, 15) is 4.79 Å². The second-order valence-electron chi connectivity index (χ2n) is 6.05. The fourth-order valence-electron chi connectivity index (χ4n) is 2.88. The zero-order valence-electron chi connectivity index (χ0n) is 14.9. The third-order valence-corrected chi connectivity index (χ3v) is 4.30. The van der Waals surface area contributed by atoms with Crippen molar-refractivity contribution in [1.82, 2.24) is 15.2 Å². The van der Waals surface area contributed by atoms with Gasteiger partial charge in [0.05, 0.1) is 12.5 Å². The highest BCUT2D eigenvalue weighted by atomic mass is 16.5. The fourth-order valence-corrected chi connectivity index (χ4v) is 2.88. The number of aromatic nitrogens is 1. The number of rotatable bonds is 5. The molecular weight excluding hydrogens is 304 g/mol. The smallest absolute Gasteiger partial charge is 0.309 e. The van der Waals surface area contributed by atoms with Gasteiger partial charge in [-0.05, 0) is 44.7 Å². The molecule has 24 heavy (non-hydrogen) atoms. The highest BCUT2D eigenvalue weighted by molar-refractivity contribution is 5.80. The van der Waals surface area contributed by atoms with Gasteiger partial charge < -0.3 is 15.0 Å². The highest BCUT2D eigenvalue weighted by Crippen LogP contribution is 2.18. The van der Waals surface area contributed by atoms with Crippen LogP contribution in [0.3, 0.4) is 0 Å². The van der Waals surface area contributed by atoms with Gasteiger partial charge in [-0.25, -0.2) is 0 Å². The van der Waals surface area contributed by atoms with E-state index in [0.29, 0.717) is 6.61 Å². The summed E-state index contributed by atoms with van der Waals surface area (Å²) in [6.07, 6.45) is 4.47. The van der Waals surface area contributed by atoms with Gasteiger partial charge in [-0.1, -0.05) is 6.07 Å². The van der Waals surface area contributed by atoms with Gasteiger partial charge in [-0.3, -0.25) is 14.8 Å². The third kappa shape index (κ3) is 5.22. The average Bonchev–Trinajstić information content (AvgIpc) is 2.61. The molecule has 0 saturated carbocycles. The highest BCUT2D eigenvalue weighted by Gasteiger charge is 2.27. The Bertz CT molecular complexity index is 549. The molecule has 0 aliphatic carbocycles. The molecule has 2 rings (SSSR count). The number of carbonyl (C=O) groups is 1. The van der Waals surface area contributed by atoms with Crippen LogP contribution in [0.4, 0.5) is 0 Å². The van der Waals surface area contributed by atoms with Crippen LogP contribution in [0.1, 0.15) is 31.0 Å². The van der Waals surface area contributed by atoms with E-state index in [4.69, 9.17) is 4.74 Å². The standard InChI is InChI=1S/C18H28N4O2/c1-4-24-17(23)16-8-11-22(12-9-16)18(19-3)20-10-7-15-6-5-14(2)21-13-15/h5-6,13,16H,4,7-12H2,1-3H3,(H,19,20). The van der Waals surface area contributed by atoms with Crippen molar-refractivity contribution in [3.8, 4) is 0 Å². The summed E-state index contributed by atoms with van der Waals surface area (Å²) in [6, 6.07) is 4.14. The first-order valence-electron chi connectivity index (χ1n) is 8.67. The summed E-state index contributed by atoms with van der Waals surface area (Å²) in [7, 11) is 1.80. The summed E-state index contributed by atoms with van der Waals surface area (Å²) in [5, 5.41) is 3.40. The van der Waals surface area contributed by atoms with E-state index in [1.54, 1.807) is 7.05 Å². The van der Waals surface area contributed by atoms with Crippen LogP contribution in [-0.4, -0.2) is 55.1 Å². The van der Waals surface area contributed by atoms with Crippen LogP contribution in [0.25, 0.3) is 0 Å². The normalized spacial score (nSPS) is 16.1. The molecule has 132 valence electrons. The number of aliphatic imine (C=N–C) groups is 1. The summed E-state index contributed by atoms with van der Waals surface area (Å²) >= 11 is 0. The van der Waals surface area contributed by atoms with Gasteiger partial charge >= 0.3 is 5.97 Å². The van der Waals surface area contributed by atoms with Crippen molar-refractivity contribution in [2.24, 2.45) is 10.9 Å². The minimum Gasteiger partial charge on any atom is -0.466 e. The Morgan fingerprint density at radius 3 is 2.75 bits per heavy atom. The maximum absolute atomic E-state index is 11.8. The van der Waals surface area contributed by atoms with Gasteiger partial charge in [0.2, 0.25) is 0 Å². The predicted octanol–water partition coefficient (Wildman–Crippen LogP) is 1.78. The number of likely N-dealkylation sites (tertiary alicyclic amines) is 1. The zero-order chi connectivity index (χ0) is 17.4. The number of piperidine rings is 1. The number of ether oxygens (including phenoxy) is 1. The van der Waals surface area contributed by atoms with Gasteiger partial charge in [-0.2, -0.15) is 0 Å². The summed E-state index contributed by atoms with van der Waals surface area (Å²) in [6.45, 7) is 6.77. The Kier molecular flexibility index (Phi) is 7.03. The summed E-state index contributed by atoms with van der Waals surface area (Å²) in [5.41, 5.74) is 2.25. The molecule has 0 atom stereocenters. The molecule has 0 bridgehead atoms. The van der Waals surface area contributed by atoms with Crippen LogP contribution >= 0.6 is 0 Å². The van der Waals surface area contributed by atoms with Crippen LogP contribution in [0, 0.1) is 12.8 Å². The fraction of sp³-hybridized carbons (Fsp3) is 0.611. The van der Waals surface area contributed by atoms with Gasteiger partial charge in [0.25, 0.3) is 0 Å². The molecule has 1 N–H and O–H groups in total. The molecule has 1 aromatic heterocycles. The lowest BCUT2D eigenvalue weighted by atomic mass is 9.97. The van der Waals surface area contributed by atoms with E-state index in [-0.39, 0.29) is 11.9 Å². The zero-order valence-corrected chi connectivity index (χ0v) is 14.9. The van der Waals surface area contributed by atoms with Crippen molar-refractivity contribution in [2.75, 3.05) is 33.3 Å². The molecule has 0 amide bonds. The van der Waals surface area contributed by atoms with E-state index in [1.165, 1.54) is 5.56 Å². The first-order valence-corrected chi connectivity index (χ1v) is 8.67. The van der Waals surface area contributed by atoms with Crippen molar-refractivity contribution in [2.45, 2.75) is 33.1 Å². The van der Waals surface area contributed by atoms with Crippen molar-refractivity contribution in [1.29, 1.82) is 0 Å². The van der Waals surface area contributed by atoms with Gasteiger partial charge in [0.15, 0.2) is 5.96 Å². The lowest BCUT2D eigenvalue weighted by Gasteiger charge is -2.33. The quantitative estimate of drug-likeness (QED) is 0.506. The molecule has 1 aromatic rings. The molecule has 2 heterocycles. The van der Waals surface area contributed by atoms with Crippen LogP contribution < -0.4 is 5.32 Å². The number of hydrogen-bond acceptors (Lipinski definition) is 4. The Morgan fingerprint density at radius 1 is 1.42 bits per heavy atom. The van der Waals surface area contributed by atoms with Crippen molar-refractivity contribution in [3.63, 3.8) is 0 Å². The lowest BCUT2D eigenvalue weighted by Crippen LogP contribution is -2.47. The Labute approximate surface area is 144 Å². The molecule has 1 aliphatic rings. The number of esters is 1. The Morgan fingerprint density at radius 2 is 2.17 bits per heavy atom. The minimum absolute atomic E-state index is 0.0259. The van der Waals surface area contributed by atoms with E-state index < -0.39 is 0 Å². The second kappa shape index (κ2) is 9.25. The van der Waals surface area contributed by atoms with Crippen LogP contribution in [-0.2, 0) is 16.0 Å². The van der Waals surface area contributed by atoms with Crippen molar-refractivity contribution in [3.05, 3.63) is 29.6 Å². The number of nitrogens with zero attached hydrogens (tertiary/aromatic N) is 3. The van der Waals surface area contributed by atoms with Crippen molar-refractivity contribution < 1.29 is 9.53 Å². The van der Waals surface area contributed by atoms with Crippen molar-refractivity contribution >= 4 is 11.9 Å². The van der Waals surface area contributed by atoms with E-state index in [0.717, 1.165) is 50.6 Å². The third-order valence-electron chi connectivity index (χ3n) is 4.30. The van der Waals surface area contributed by atoms with Gasteiger partial charge in [-0.15, -0.1) is 0 Å². The topological polar surface area (TPSA) is 66.8 Å². The van der Waals surface area contributed by atoms with E-state index in [2.05, 4.69) is 26.3 Å². The predicted molar refractivity (Wildman–Crippen MR) is 95.0 cm³/mol. The van der Waals surface area contributed by atoms with E-state index in [1.807, 2.05) is 26.1 Å². The van der Waals surface area contributed by atoms with Crippen LogP contribution in [0.5, 0.6) is 0 Å². The molecule has 6 heteroatoms. The maximum atomic E-state index is 11.8. The number of guanidine groups is 1. The number of aryl methyl sites for hydroxylation is 1. The van der Waals surface area contributed by atoms with Gasteiger partial charge in [0.1, 0.15) is 0 Å². The molecule has 0 unspecified atom stereocenters. The molecule has 0 radical (unpaired) electrons. The molecule has 1 fully saturated rings. The number of hydrogen-bond donors (Lipinski definition) is 1. The minimum atomic E-state index is -0.0630. The molecule has 1 saturated heterocycles. The average molecular weight is 332 g/mol. The van der Waals surface area contributed by atoms with Crippen LogP contribution in [0.2, 0.25) is 0 Å². The first-order chi connectivity index (χ1) is 11.6. The Balaban J connectivity index is 1.76. The largest absolute Gasteiger partial charge is 0.466 e. The monoisotopic (exact) mass is 332 g/mol. The second-order valence-corrected chi connectivity index (χ2v) is 6.05. The van der Waals surface area contributed by atoms with E-state index >= 15 is 0 Å². The molecule has 0 aromatic carbocycles. The summed E-state index contributed by atoms with van der Waals surface area (Å²) in [5.74, 6) is 0.863. The SMILES string of the molecule is CCOC(=O)C1CCN(C(=NC)NCCc2ccc(C)nc2)CC1. The summed E-state index contributed by atoms with van der Waals surface area (Å²) < 4.78 is 5.12. The maximum Gasteiger partial charge on any atom is 0.309 e.